The van der Waals surface area contributed by atoms with Crippen molar-refractivity contribution >= 4 is 11.6 Å². The largest absolute Gasteiger partial charge is 0.496 e. The van der Waals surface area contributed by atoms with E-state index < -0.39 is 0 Å². The van der Waals surface area contributed by atoms with Crippen molar-refractivity contribution in [2.24, 2.45) is 5.92 Å². The van der Waals surface area contributed by atoms with Gasteiger partial charge in [-0.1, -0.05) is 13.8 Å². The van der Waals surface area contributed by atoms with E-state index in [9.17, 15) is 4.79 Å². The van der Waals surface area contributed by atoms with E-state index in [0.717, 1.165) is 42.9 Å². The standard InChI is InChI=1S/C16H24N2O2/c1-11(2)14-9-13(6-7-15(14)20-3)18-16(19)12-5-4-8-17-10-12/h6-7,9,11-12,17H,4-5,8,10H2,1-3H3,(H,18,19). The molecule has 1 heterocycles. The zero-order valence-corrected chi connectivity index (χ0v) is 12.5. The summed E-state index contributed by atoms with van der Waals surface area (Å²) in [6.07, 6.45) is 2.03. The van der Waals surface area contributed by atoms with Crippen LogP contribution in [0.25, 0.3) is 0 Å². The van der Waals surface area contributed by atoms with Crippen molar-refractivity contribution < 1.29 is 9.53 Å². The molecule has 1 saturated heterocycles. The number of hydrogen-bond donors (Lipinski definition) is 2. The molecule has 0 aromatic heterocycles. The van der Waals surface area contributed by atoms with Crippen LogP contribution in [0, 0.1) is 5.92 Å². The number of carbonyl (C=O) groups excluding carboxylic acids is 1. The van der Waals surface area contributed by atoms with Crippen LogP contribution in [0.1, 0.15) is 38.2 Å². The van der Waals surface area contributed by atoms with Crippen molar-refractivity contribution in [3.8, 4) is 5.75 Å². The first kappa shape index (κ1) is 14.9. The second-order valence-electron chi connectivity index (χ2n) is 5.64. The highest BCUT2D eigenvalue weighted by Crippen LogP contribution is 2.29. The third kappa shape index (κ3) is 3.51. The van der Waals surface area contributed by atoms with Crippen LogP contribution in [0.3, 0.4) is 0 Å². The van der Waals surface area contributed by atoms with E-state index in [1.165, 1.54) is 0 Å². The van der Waals surface area contributed by atoms with Crippen LogP contribution in [-0.4, -0.2) is 26.1 Å². The SMILES string of the molecule is COc1ccc(NC(=O)C2CCCNC2)cc1C(C)C. The molecule has 1 aliphatic rings. The lowest BCUT2D eigenvalue weighted by atomic mass is 9.98. The Morgan fingerprint density at radius 2 is 2.25 bits per heavy atom. The van der Waals surface area contributed by atoms with Gasteiger partial charge in [0.25, 0.3) is 0 Å². The number of hydrogen-bond acceptors (Lipinski definition) is 3. The first-order chi connectivity index (χ1) is 9.61. The van der Waals surface area contributed by atoms with E-state index in [1.54, 1.807) is 7.11 Å². The summed E-state index contributed by atoms with van der Waals surface area (Å²) >= 11 is 0. The average Bonchev–Trinajstić information content (AvgIpc) is 2.48. The minimum atomic E-state index is 0.0772. The number of methoxy groups -OCH3 is 1. The molecule has 1 aliphatic heterocycles. The molecule has 0 aliphatic carbocycles. The van der Waals surface area contributed by atoms with Gasteiger partial charge in [0.2, 0.25) is 5.91 Å². The summed E-state index contributed by atoms with van der Waals surface area (Å²) in [5, 5.41) is 6.29. The number of piperidine rings is 1. The van der Waals surface area contributed by atoms with Crippen molar-refractivity contribution in [3.05, 3.63) is 23.8 Å². The lowest BCUT2D eigenvalue weighted by molar-refractivity contribution is -0.120. The minimum absolute atomic E-state index is 0.0772. The van der Waals surface area contributed by atoms with Crippen LogP contribution < -0.4 is 15.4 Å². The third-order valence-corrected chi connectivity index (χ3v) is 3.79. The fourth-order valence-corrected chi connectivity index (χ4v) is 2.58. The van der Waals surface area contributed by atoms with E-state index >= 15 is 0 Å². The molecule has 1 fully saturated rings. The number of benzene rings is 1. The number of rotatable bonds is 4. The van der Waals surface area contributed by atoms with Crippen molar-refractivity contribution in [1.29, 1.82) is 0 Å². The minimum Gasteiger partial charge on any atom is -0.496 e. The molecule has 2 rings (SSSR count). The Morgan fingerprint density at radius 1 is 1.45 bits per heavy atom. The summed E-state index contributed by atoms with van der Waals surface area (Å²) < 4.78 is 5.36. The van der Waals surface area contributed by atoms with Crippen LogP contribution in [0.5, 0.6) is 5.75 Å². The van der Waals surface area contributed by atoms with Crippen molar-refractivity contribution in [2.45, 2.75) is 32.6 Å². The fraction of sp³-hybridized carbons (Fsp3) is 0.562. The van der Waals surface area contributed by atoms with Crippen molar-refractivity contribution in [2.75, 3.05) is 25.5 Å². The maximum atomic E-state index is 12.2. The van der Waals surface area contributed by atoms with Crippen LogP contribution in [-0.2, 0) is 4.79 Å². The van der Waals surface area contributed by atoms with Gasteiger partial charge in [-0.3, -0.25) is 4.79 Å². The Balaban J connectivity index is 2.08. The Morgan fingerprint density at radius 3 is 2.85 bits per heavy atom. The molecule has 0 saturated carbocycles. The van der Waals surface area contributed by atoms with Gasteiger partial charge in [-0.25, -0.2) is 0 Å². The number of anilines is 1. The highest BCUT2D eigenvalue weighted by atomic mass is 16.5. The predicted octanol–water partition coefficient (Wildman–Crippen LogP) is 2.76. The molecule has 1 aromatic carbocycles. The molecule has 20 heavy (non-hydrogen) atoms. The highest BCUT2D eigenvalue weighted by Gasteiger charge is 2.21. The van der Waals surface area contributed by atoms with Gasteiger partial charge in [0.1, 0.15) is 5.75 Å². The Kier molecular flexibility index (Phi) is 5.01. The van der Waals surface area contributed by atoms with E-state index in [-0.39, 0.29) is 11.8 Å². The first-order valence-electron chi connectivity index (χ1n) is 7.31. The number of carbonyl (C=O) groups is 1. The molecule has 0 radical (unpaired) electrons. The molecule has 110 valence electrons. The lowest BCUT2D eigenvalue weighted by Crippen LogP contribution is -2.37. The molecule has 0 bridgehead atoms. The van der Waals surface area contributed by atoms with E-state index in [1.807, 2.05) is 18.2 Å². The van der Waals surface area contributed by atoms with Gasteiger partial charge < -0.3 is 15.4 Å². The van der Waals surface area contributed by atoms with Crippen molar-refractivity contribution in [3.63, 3.8) is 0 Å². The molecule has 4 nitrogen and oxygen atoms in total. The molecule has 1 unspecified atom stereocenters. The Labute approximate surface area is 120 Å². The normalized spacial score (nSPS) is 18.9. The van der Waals surface area contributed by atoms with Gasteiger partial charge in [0, 0.05) is 12.2 Å². The predicted molar refractivity (Wildman–Crippen MR) is 81.3 cm³/mol. The van der Waals surface area contributed by atoms with Gasteiger partial charge in [0.15, 0.2) is 0 Å². The zero-order valence-electron chi connectivity index (χ0n) is 12.5. The monoisotopic (exact) mass is 276 g/mol. The van der Waals surface area contributed by atoms with Crippen LogP contribution in [0.4, 0.5) is 5.69 Å². The quantitative estimate of drug-likeness (QED) is 0.889. The summed E-state index contributed by atoms with van der Waals surface area (Å²) in [7, 11) is 1.67. The summed E-state index contributed by atoms with van der Waals surface area (Å²) in [5.41, 5.74) is 1.97. The summed E-state index contributed by atoms with van der Waals surface area (Å²) in [4.78, 5) is 12.2. The summed E-state index contributed by atoms with van der Waals surface area (Å²) in [6, 6.07) is 5.83. The van der Waals surface area contributed by atoms with Gasteiger partial charge >= 0.3 is 0 Å². The maximum Gasteiger partial charge on any atom is 0.228 e. The Hall–Kier alpha value is -1.55. The van der Waals surface area contributed by atoms with Crippen molar-refractivity contribution in [1.82, 2.24) is 5.32 Å². The highest BCUT2D eigenvalue weighted by molar-refractivity contribution is 5.93. The van der Waals surface area contributed by atoms with Gasteiger partial charge in [-0.15, -0.1) is 0 Å². The van der Waals surface area contributed by atoms with Crippen LogP contribution in [0.2, 0.25) is 0 Å². The summed E-state index contributed by atoms with van der Waals surface area (Å²) in [6.45, 7) is 6.03. The summed E-state index contributed by atoms with van der Waals surface area (Å²) in [5.74, 6) is 1.42. The number of amides is 1. The van der Waals surface area contributed by atoms with Crippen LogP contribution >= 0.6 is 0 Å². The first-order valence-corrected chi connectivity index (χ1v) is 7.31. The van der Waals surface area contributed by atoms with E-state index in [4.69, 9.17) is 4.74 Å². The lowest BCUT2D eigenvalue weighted by Gasteiger charge is -2.22. The van der Waals surface area contributed by atoms with Gasteiger partial charge in [-0.2, -0.15) is 0 Å². The molecule has 2 N–H and O–H groups in total. The van der Waals surface area contributed by atoms with E-state index in [0.29, 0.717) is 5.92 Å². The van der Waals surface area contributed by atoms with Gasteiger partial charge in [-0.05, 0) is 49.1 Å². The average molecular weight is 276 g/mol. The maximum absolute atomic E-state index is 12.2. The zero-order chi connectivity index (χ0) is 14.5. The fourth-order valence-electron chi connectivity index (χ4n) is 2.58. The molecular formula is C16H24N2O2. The number of ether oxygens (including phenoxy) is 1. The van der Waals surface area contributed by atoms with E-state index in [2.05, 4.69) is 24.5 Å². The third-order valence-electron chi connectivity index (χ3n) is 3.79. The second-order valence-corrected chi connectivity index (χ2v) is 5.64. The van der Waals surface area contributed by atoms with Crippen LogP contribution in [0.15, 0.2) is 18.2 Å². The smallest absolute Gasteiger partial charge is 0.228 e. The molecule has 1 atom stereocenters. The second kappa shape index (κ2) is 6.75. The van der Waals surface area contributed by atoms with Gasteiger partial charge in [0.05, 0.1) is 13.0 Å². The molecule has 1 aromatic rings. The molecule has 0 spiro atoms. The molecule has 4 heteroatoms. The topological polar surface area (TPSA) is 50.4 Å². The molecular weight excluding hydrogens is 252 g/mol. The number of nitrogens with one attached hydrogen (secondary N) is 2. The Bertz CT molecular complexity index is 466. The molecule has 1 amide bonds.